The highest BCUT2D eigenvalue weighted by Crippen LogP contribution is 2.13. The molecule has 1 aliphatic heterocycles. The molecule has 1 fully saturated rings. The summed E-state index contributed by atoms with van der Waals surface area (Å²) in [6, 6.07) is 7.55. The van der Waals surface area contributed by atoms with Gasteiger partial charge in [0.05, 0.1) is 7.11 Å². The number of rotatable bonds is 5. The molecule has 2 rings (SSSR count). The molecular weight excluding hydrogens is 308 g/mol. The highest BCUT2D eigenvalue weighted by atomic mass is 16.5. The zero-order chi connectivity index (χ0) is 17.5. The molecule has 1 saturated heterocycles. The fourth-order valence-corrected chi connectivity index (χ4v) is 2.64. The van der Waals surface area contributed by atoms with Crippen LogP contribution in [0.15, 0.2) is 24.3 Å². The van der Waals surface area contributed by atoms with E-state index in [2.05, 4.69) is 10.2 Å². The molecule has 1 aromatic carbocycles. The number of benzene rings is 1. The average molecular weight is 334 g/mol. The molecule has 0 spiro atoms. The van der Waals surface area contributed by atoms with Crippen LogP contribution in [-0.2, 0) is 4.74 Å². The molecule has 0 radical (unpaired) electrons. The Morgan fingerprint density at radius 3 is 2.54 bits per heavy atom. The van der Waals surface area contributed by atoms with Crippen molar-refractivity contribution in [2.24, 2.45) is 0 Å². The Bertz CT molecular complexity index is 569. The predicted molar refractivity (Wildman–Crippen MR) is 93.5 cm³/mol. The van der Waals surface area contributed by atoms with Crippen molar-refractivity contribution >= 4 is 17.7 Å². The Kier molecular flexibility index (Phi) is 6.43. The van der Waals surface area contributed by atoms with Crippen LogP contribution in [0.1, 0.15) is 10.4 Å². The van der Waals surface area contributed by atoms with Gasteiger partial charge in [0.15, 0.2) is 0 Å². The van der Waals surface area contributed by atoms with Crippen LogP contribution in [0.25, 0.3) is 0 Å². The molecule has 1 N–H and O–H groups in total. The normalized spacial score (nSPS) is 15.0. The quantitative estimate of drug-likeness (QED) is 0.865. The first-order valence-corrected chi connectivity index (χ1v) is 8.12. The van der Waals surface area contributed by atoms with E-state index in [9.17, 15) is 9.59 Å². The van der Waals surface area contributed by atoms with Crippen LogP contribution in [0, 0.1) is 0 Å². The number of anilines is 1. The fraction of sp³-hybridized carbons (Fsp3) is 0.529. The highest BCUT2D eigenvalue weighted by Gasteiger charge is 2.21. The number of piperazine rings is 1. The number of carbonyl (C=O) groups excluding carboxylic acids is 2. The van der Waals surface area contributed by atoms with Crippen LogP contribution in [0.4, 0.5) is 10.5 Å². The number of methoxy groups -OCH3 is 1. The molecule has 0 saturated carbocycles. The van der Waals surface area contributed by atoms with E-state index in [1.54, 1.807) is 4.90 Å². The summed E-state index contributed by atoms with van der Waals surface area (Å²) in [5.74, 6) is -0.0631. The van der Waals surface area contributed by atoms with Gasteiger partial charge in [-0.05, 0) is 18.2 Å². The first-order chi connectivity index (χ1) is 11.5. The summed E-state index contributed by atoms with van der Waals surface area (Å²) in [5, 5.41) is 2.95. The first-order valence-electron chi connectivity index (χ1n) is 8.12. The van der Waals surface area contributed by atoms with Crippen LogP contribution < -0.4 is 10.2 Å². The van der Waals surface area contributed by atoms with Crippen molar-refractivity contribution in [1.29, 1.82) is 0 Å². The third-order valence-corrected chi connectivity index (χ3v) is 4.14. The number of ether oxygens (including phenoxy) is 1. The summed E-state index contributed by atoms with van der Waals surface area (Å²) in [7, 11) is 5.30. The van der Waals surface area contributed by atoms with Gasteiger partial charge < -0.3 is 19.9 Å². The Labute approximate surface area is 143 Å². The second kappa shape index (κ2) is 8.54. The van der Waals surface area contributed by atoms with E-state index in [0.717, 1.165) is 25.3 Å². The van der Waals surface area contributed by atoms with Gasteiger partial charge in [-0.15, -0.1) is 0 Å². The van der Waals surface area contributed by atoms with E-state index in [1.165, 1.54) is 7.11 Å². The lowest BCUT2D eigenvalue weighted by molar-refractivity contribution is 0.0885. The van der Waals surface area contributed by atoms with E-state index < -0.39 is 0 Å². The van der Waals surface area contributed by atoms with E-state index in [4.69, 9.17) is 4.74 Å². The van der Waals surface area contributed by atoms with Gasteiger partial charge in [-0.2, -0.15) is 0 Å². The molecule has 0 atom stereocenters. The second-order valence-corrected chi connectivity index (χ2v) is 6.00. The molecule has 0 aliphatic carbocycles. The van der Waals surface area contributed by atoms with Crippen LogP contribution >= 0.6 is 0 Å². The molecule has 132 valence electrons. The molecule has 0 unspecified atom stereocenters. The minimum Gasteiger partial charge on any atom is -0.453 e. The number of nitrogens with one attached hydrogen (secondary N) is 1. The lowest BCUT2D eigenvalue weighted by atomic mass is 10.2. The van der Waals surface area contributed by atoms with Gasteiger partial charge in [0.2, 0.25) is 0 Å². The topological polar surface area (TPSA) is 65.1 Å². The molecule has 7 heteroatoms. The molecule has 1 aliphatic rings. The van der Waals surface area contributed by atoms with Crippen molar-refractivity contribution < 1.29 is 14.3 Å². The Morgan fingerprint density at radius 2 is 1.92 bits per heavy atom. The summed E-state index contributed by atoms with van der Waals surface area (Å²) in [4.78, 5) is 29.6. The zero-order valence-electron chi connectivity index (χ0n) is 14.6. The van der Waals surface area contributed by atoms with Gasteiger partial charge in [0.1, 0.15) is 0 Å². The van der Waals surface area contributed by atoms with Gasteiger partial charge >= 0.3 is 6.09 Å². The molecular formula is C17H26N4O3. The van der Waals surface area contributed by atoms with Crippen molar-refractivity contribution in [3.63, 3.8) is 0 Å². The van der Waals surface area contributed by atoms with Crippen LogP contribution in [-0.4, -0.2) is 82.3 Å². The average Bonchev–Trinajstić information content (AvgIpc) is 2.61. The molecule has 1 aromatic rings. The molecule has 1 heterocycles. The Balaban J connectivity index is 1.74. The van der Waals surface area contributed by atoms with Crippen molar-refractivity contribution in [1.82, 2.24) is 15.1 Å². The van der Waals surface area contributed by atoms with Gasteiger partial charge in [0, 0.05) is 64.6 Å². The van der Waals surface area contributed by atoms with Crippen molar-refractivity contribution in [3.8, 4) is 0 Å². The maximum atomic E-state index is 12.2. The standard InChI is InChI=1S/C17H26N4O3/c1-19(2)15-6-4-5-14(13-15)16(22)18-7-8-20-9-11-21(12-10-20)17(23)24-3/h4-6,13H,7-12H2,1-3H3,(H,18,22). The monoisotopic (exact) mass is 334 g/mol. The summed E-state index contributed by atoms with van der Waals surface area (Å²) >= 11 is 0. The van der Waals surface area contributed by atoms with E-state index in [1.807, 2.05) is 43.3 Å². The van der Waals surface area contributed by atoms with Crippen LogP contribution in [0.5, 0.6) is 0 Å². The SMILES string of the molecule is COC(=O)N1CCN(CCNC(=O)c2cccc(N(C)C)c2)CC1. The largest absolute Gasteiger partial charge is 0.453 e. The molecule has 7 nitrogen and oxygen atoms in total. The second-order valence-electron chi connectivity index (χ2n) is 6.00. The first kappa shape index (κ1) is 18.1. The van der Waals surface area contributed by atoms with E-state index >= 15 is 0 Å². The van der Waals surface area contributed by atoms with Crippen LogP contribution in [0.2, 0.25) is 0 Å². The minimum absolute atomic E-state index is 0.0631. The van der Waals surface area contributed by atoms with Gasteiger partial charge in [-0.25, -0.2) is 4.79 Å². The Hall–Kier alpha value is -2.28. The van der Waals surface area contributed by atoms with E-state index in [-0.39, 0.29) is 12.0 Å². The lowest BCUT2D eigenvalue weighted by Gasteiger charge is -2.33. The van der Waals surface area contributed by atoms with E-state index in [0.29, 0.717) is 25.2 Å². The van der Waals surface area contributed by atoms with Crippen molar-refractivity contribution in [2.75, 3.05) is 65.4 Å². The smallest absolute Gasteiger partial charge is 0.409 e. The van der Waals surface area contributed by atoms with Crippen LogP contribution in [0.3, 0.4) is 0 Å². The number of amides is 2. The van der Waals surface area contributed by atoms with Crippen molar-refractivity contribution in [3.05, 3.63) is 29.8 Å². The third-order valence-electron chi connectivity index (χ3n) is 4.14. The molecule has 0 bridgehead atoms. The molecule has 2 amide bonds. The number of carbonyl (C=O) groups is 2. The van der Waals surface area contributed by atoms with Gasteiger partial charge in [-0.1, -0.05) is 6.07 Å². The zero-order valence-corrected chi connectivity index (χ0v) is 14.6. The maximum Gasteiger partial charge on any atom is 0.409 e. The Morgan fingerprint density at radius 1 is 1.21 bits per heavy atom. The summed E-state index contributed by atoms with van der Waals surface area (Å²) in [6.07, 6.45) is -0.274. The minimum atomic E-state index is -0.274. The van der Waals surface area contributed by atoms with Gasteiger partial charge in [-0.3, -0.25) is 9.69 Å². The predicted octanol–water partition coefficient (Wildman–Crippen LogP) is 0.866. The maximum absolute atomic E-state index is 12.2. The van der Waals surface area contributed by atoms with Crippen molar-refractivity contribution in [2.45, 2.75) is 0 Å². The number of hydrogen-bond acceptors (Lipinski definition) is 5. The summed E-state index contributed by atoms with van der Waals surface area (Å²) in [6.45, 7) is 4.26. The highest BCUT2D eigenvalue weighted by molar-refractivity contribution is 5.95. The fourth-order valence-electron chi connectivity index (χ4n) is 2.64. The molecule has 0 aromatic heterocycles. The summed E-state index contributed by atoms with van der Waals surface area (Å²) in [5.41, 5.74) is 1.67. The summed E-state index contributed by atoms with van der Waals surface area (Å²) < 4.78 is 4.72. The molecule has 24 heavy (non-hydrogen) atoms. The third kappa shape index (κ3) is 4.86. The number of nitrogens with zero attached hydrogens (tertiary/aromatic N) is 3. The van der Waals surface area contributed by atoms with Gasteiger partial charge in [0.25, 0.3) is 5.91 Å². The lowest BCUT2D eigenvalue weighted by Crippen LogP contribution is -2.50. The number of hydrogen-bond donors (Lipinski definition) is 1.